The Bertz CT molecular complexity index is 350. The van der Waals surface area contributed by atoms with Gasteiger partial charge in [0.15, 0.2) is 0 Å². The number of aliphatic hydroxyl groups is 2. The van der Waals surface area contributed by atoms with Crippen LogP contribution in [0.1, 0.15) is 25.5 Å². The molecule has 1 aromatic carbocycles. The van der Waals surface area contributed by atoms with Crippen molar-refractivity contribution in [3.8, 4) is 0 Å². The topological polar surface area (TPSA) is 40.5 Å². The lowest BCUT2D eigenvalue weighted by Crippen LogP contribution is -2.26. The van der Waals surface area contributed by atoms with E-state index in [2.05, 4.69) is 0 Å². The number of hydrogen-bond acceptors (Lipinski definition) is 2. The maximum absolute atomic E-state index is 10.0. The summed E-state index contributed by atoms with van der Waals surface area (Å²) in [6.45, 7) is 3.42. The molecule has 0 aromatic heterocycles. The minimum atomic E-state index is -0.813. The van der Waals surface area contributed by atoms with E-state index < -0.39 is 11.5 Å². The number of benzene rings is 1. The fraction of sp³-hybridized carbons (Fsp3) is 0.455. The summed E-state index contributed by atoms with van der Waals surface area (Å²) < 4.78 is 0. The molecule has 0 fully saturated rings. The zero-order valence-corrected chi connectivity index (χ0v) is 10.2. The van der Waals surface area contributed by atoms with Crippen molar-refractivity contribution in [2.24, 2.45) is 5.41 Å². The van der Waals surface area contributed by atoms with Crippen LogP contribution in [0.25, 0.3) is 0 Å². The van der Waals surface area contributed by atoms with Crippen LogP contribution in [0.15, 0.2) is 18.2 Å². The van der Waals surface area contributed by atoms with Gasteiger partial charge in [0, 0.05) is 15.5 Å². The Kier molecular flexibility index (Phi) is 4.01. The van der Waals surface area contributed by atoms with Gasteiger partial charge in [-0.3, -0.25) is 0 Å². The minimum Gasteiger partial charge on any atom is -0.396 e. The molecule has 0 saturated carbocycles. The van der Waals surface area contributed by atoms with Gasteiger partial charge >= 0.3 is 0 Å². The molecule has 0 spiro atoms. The molecule has 4 heteroatoms. The third-order valence-corrected chi connectivity index (χ3v) is 2.97. The fourth-order valence-electron chi connectivity index (χ4n) is 1.23. The maximum atomic E-state index is 10.0. The second kappa shape index (κ2) is 4.71. The summed E-state index contributed by atoms with van der Waals surface area (Å²) in [4.78, 5) is 0. The highest BCUT2D eigenvalue weighted by Gasteiger charge is 2.29. The van der Waals surface area contributed by atoms with Gasteiger partial charge < -0.3 is 10.2 Å². The van der Waals surface area contributed by atoms with Crippen LogP contribution in [-0.4, -0.2) is 16.8 Å². The van der Waals surface area contributed by atoms with E-state index in [4.69, 9.17) is 28.3 Å². The van der Waals surface area contributed by atoms with Gasteiger partial charge in [-0.1, -0.05) is 43.1 Å². The van der Waals surface area contributed by atoms with Gasteiger partial charge in [-0.05, 0) is 17.7 Å². The highest BCUT2D eigenvalue weighted by Crippen LogP contribution is 2.37. The predicted octanol–water partition coefficient (Wildman–Crippen LogP) is 3.05. The summed E-state index contributed by atoms with van der Waals surface area (Å²) in [5.74, 6) is 0. The molecule has 84 valence electrons. The molecule has 0 saturated heterocycles. The molecule has 15 heavy (non-hydrogen) atoms. The Labute approximate surface area is 99.5 Å². The van der Waals surface area contributed by atoms with Gasteiger partial charge in [0.1, 0.15) is 0 Å². The minimum absolute atomic E-state index is 0.118. The Morgan fingerprint density at radius 2 is 1.93 bits per heavy atom. The first-order valence-corrected chi connectivity index (χ1v) is 5.38. The van der Waals surface area contributed by atoms with Crippen LogP contribution in [0.5, 0.6) is 0 Å². The van der Waals surface area contributed by atoms with Gasteiger partial charge in [0.05, 0.1) is 12.7 Å². The molecule has 1 aromatic rings. The number of aliphatic hydroxyl groups excluding tert-OH is 2. The number of hydrogen-bond donors (Lipinski definition) is 2. The number of halogens is 2. The first kappa shape index (κ1) is 12.8. The van der Waals surface area contributed by atoms with E-state index in [1.807, 2.05) is 0 Å². The van der Waals surface area contributed by atoms with Gasteiger partial charge in [0.2, 0.25) is 0 Å². The second-order valence-electron chi connectivity index (χ2n) is 4.22. The summed E-state index contributed by atoms with van der Waals surface area (Å²) in [5.41, 5.74) is -0.0441. The predicted molar refractivity (Wildman–Crippen MR) is 62.3 cm³/mol. The van der Waals surface area contributed by atoms with Gasteiger partial charge in [-0.15, -0.1) is 0 Å². The molecule has 0 heterocycles. The molecule has 0 aliphatic carbocycles. The van der Waals surface area contributed by atoms with Crippen LogP contribution in [0.3, 0.4) is 0 Å². The van der Waals surface area contributed by atoms with Crippen molar-refractivity contribution in [3.05, 3.63) is 33.8 Å². The zero-order valence-electron chi connectivity index (χ0n) is 8.67. The van der Waals surface area contributed by atoms with Gasteiger partial charge in [0.25, 0.3) is 0 Å². The highest BCUT2D eigenvalue weighted by atomic mass is 35.5. The van der Waals surface area contributed by atoms with Crippen LogP contribution >= 0.6 is 23.2 Å². The Balaban J connectivity index is 3.06. The monoisotopic (exact) mass is 248 g/mol. The summed E-state index contributed by atoms with van der Waals surface area (Å²) in [6.07, 6.45) is -0.813. The van der Waals surface area contributed by atoms with Crippen molar-refractivity contribution in [3.63, 3.8) is 0 Å². The SMILES string of the molecule is CC(C)(CO)C(O)c1ccc(Cl)cc1Cl. The standard InChI is InChI=1S/C11H14Cl2O2/c1-11(2,6-14)10(15)8-4-3-7(12)5-9(8)13/h3-5,10,14-15H,6H2,1-2H3. The smallest absolute Gasteiger partial charge is 0.0877 e. The third kappa shape index (κ3) is 2.85. The quantitative estimate of drug-likeness (QED) is 0.864. The second-order valence-corrected chi connectivity index (χ2v) is 5.06. The molecule has 1 unspecified atom stereocenters. The van der Waals surface area contributed by atoms with Gasteiger partial charge in [-0.2, -0.15) is 0 Å². The molecular formula is C11H14Cl2O2. The molecule has 1 atom stereocenters. The van der Waals surface area contributed by atoms with Crippen LogP contribution in [0.2, 0.25) is 10.0 Å². The Morgan fingerprint density at radius 3 is 2.40 bits per heavy atom. The molecule has 0 radical (unpaired) electrons. The lowest BCUT2D eigenvalue weighted by atomic mass is 9.83. The van der Waals surface area contributed by atoms with E-state index in [-0.39, 0.29) is 6.61 Å². The average molecular weight is 249 g/mol. The first-order valence-electron chi connectivity index (χ1n) is 4.62. The van der Waals surface area contributed by atoms with E-state index in [9.17, 15) is 5.11 Å². The van der Waals surface area contributed by atoms with Crippen molar-refractivity contribution >= 4 is 23.2 Å². The van der Waals surface area contributed by atoms with E-state index >= 15 is 0 Å². The summed E-state index contributed by atoms with van der Waals surface area (Å²) >= 11 is 11.7. The van der Waals surface area contributed by atoms with Crippen LogP contribution in [-0.2, 0) is 0 Å². The van der Waals surface area contributed by atoms with Crippen molar-refractivity contribution in [2.45, 2.75) is 20.0 Å². The molecule has 0 bridgehead atoms. The Hall–Kier alpha value is -0.280. The van der Waals surface area contributed by atoms with Crippen molar-refractivity contribution in [2.75, 3.05) is 6.61 Å². The molecule has 2 nitrogen and oxygen atoms in total. The van der Waals surface area contributed by atoms with Crippen LogP contribution in [0, 0.1) is 5.41 Å². The molecule has 1 rings (SSSR count). The Morgan fingerprint density at radius 1 is 1.33 bits per heavy atom. The summed E-state index contributed by atoms with van der Waals surface area (Å²) in [6, 6.07) is 4.92. The number of rotatable bonds is 3. The van der Waals surface area contributed by atoms with Crippen molar-refractivity contribution < 1.29 is 10.2 Å². The lowest BCUT2D eigenvalue weighted by molar-refractivity contribution is 0.00645. The summed E-state index contributed by atoms with van der Waals surface area (Å²) in [5, 5.41) is 20.1. The highest BCUT2D eigenvalue weighted by molar-refractivity contribution is 6.35. The molecule has 0 aliphatic rings. The van der Waals surface area contributed by atoms with Crippen LogP contribution in [0.4, 0.5) is 0 Å². The van der Waals surface area contributed by atoms with Crippen molar-refractivity contribution in [1.29, 1.82) is 0 Å². The van der Waals surface area contributed by atoms with E-state index in [0.29, 0.717) is 15.6 Å². The third-order valence-electron chi connectivity index (χ3n) is 2.40. The fourth-order valence-corrected chi connectivity index (χ4v) is 1.74. The molecule has 0 amide bonds. The van der Waals surface area contributed by atoms with E-state index in [1.54, 1.807) is 32.0 Å². The van der Waals surface area contributed by atoms with E-state index in [0.717, 1.165) is 0 Å². The first-order chi connectivity index (χ1) is 6.88. The zero-order chi connectivity index (χ0) is 11.6. The molecule has 0 aliphatic heterocycles. The van der Waals surface area contributed by atoms with E-state index in [1.165, 1.54) is 0 Å². The maximum Gasteiger partial charge on any atom is 0.0877 e. The largest absolute Gasteiger partial charge is 0.396 e. The van der Waals surface area contributed by atoms with Crippen molar-refractivity contribution in [1.82, 2.24) is 0 Å². The lowest BCUT2D eigenvalue weighted by Gasteiger charge is -2.29. The van der Waals surface area contributed by atoms with Gasteiger partial charge in [-0.25, -0.2) is 0 Å². The normalized spacial score (nSPS) is 14.0. The van der Waals surface area contributed by atoms with Crippen LogP contribution < -0.4 is 0 Å². The molecular weight excluding hydrogens is 235 g/mol. The average Bonchev–Trinajstić information content (AvgIpc) is 2.17. The summed E-state index contributed by atoms with van der Waals surface area (Å²) in [7, 11) is 0. The molecule has 2 N–H and O–H groups in total.